The number of rotatable bonds is 4. The molecule has 4 rings (SSSR count). The Labute approximate surface area is 176 Å². The van der Waals surface area contributed by atoms with Crippen molar-refractivity contribution in [1.82, 2.24) is 4.31 Å². The molecule has 8 heteroatoms. The molecule has 0 spiro atoms. The van der Waals surface area contributed by atoms with E-state index in [4.69, 9.17) is 0 Å². The van der Waals surface area contributed by atoms with Gasteiger partial charge in [-0.05, 0) is 43.2 Å². The van der Waals surface area contributed by atoms with Crippen molar-refractivity contribution in [1.29, 1.82) is 0 Å². The van der Waals surface area contributed by atoms with Crippen LogP contribution in [-0.4, -0.2) is 38.3 Å². The molecule has 0 radical (unpaired) electrons. The van der Waals surface area contributed by atoms with Crippen LogP contribution in [0.2, 0.25) is 0 Å². The third kappa shape index (κ3) is 3.12. The van der Waals surface area contributed by atoms with Crippen molar-refractivity contribution in [3.63, 3.8) is 0 Å². The molecular formula is C22H21NO5S2. The Hall–Kier alpha value is -2.67. The van der Waals surface area contributed by atoms with Crippen molar-refractivity contribution >= 4 is 25.8 Å². The molecule has 6 nitrogen and oxygen atoms in total. The molecule has 2 fully saturated rings. The van der Waals surface area contributed by atoms with E-state index in [1.165, 1.54) is 24.3 Å². The lowest BCUT2D eigenvalue weighted by Gasteiger charge is -2.24. The van der Waals surface area contributed by atoms with Gasteiger partial charge in [-0.1, -0.05) is 42.5 Å². The van der Waals surface area contributed by atoms with E-state index >= 15 is 0 Å². The molecule has 1 aliphatic heterocycles. The summed E-state index contributed by atoms with van der Waals surface area (Å²) in [5, 5.41) is -0.906. The molecule has 3 atom stereocenters. The number of sulfonamides is 1. The highest BCUT2D eigenvalue weighted by molar-refractivity contribution is 7.92. The summed E-state index contributed by atoms with van der Waals surface area (Å²) in [7, 11) is -7.90. The topological polar surface area (TPSA) is 88.6 Å². The first-order chi connectivity index (χ1) is 14.2. The average molecular weight is 444 g/mol. The number of aryl methyl sites for hydroxylation is 1. The first-order valence-electron chi connectivity index (χ1n) is 9.49. The first-order valence-corrected chi connectivity index (χ1v) is 12.5. The molecule has 1 saturated carbocycles. The standard InChI is InChI=1S/C22H21NO5S2/c1-3-16-13-20(29(25,26)17-7-5-4-6-8-17)19-14-21(24)23(22(16)19)30(27,28)18-11-9-15(2)10-12-18/h4-12,19-20,22H,1,13-14H2,2H3/t19-,20?,22+/m1/s1. The van der Waals surface area contributed by atoms with Crippen LogP contribution < -0.4 is 0 Å². The lowest BCUT2D eigenvalue weighted by molar-refractivity contribution is -0.124. The zero-order chi connectivity index (χ0) is 21.7. The third-order valence-electron chi connectivity index (χ3n) is 5.85. The van der Waals surface area contributed by atoms with Crippen LogP contribution in [0.25, 0.3) is 0 Å². The summed E-state index contributed by atoms with van der Waals surface area (Å²) in [6.07, 6.45) is -0.0546. The Balaban J connectivity index is 1.78. The summed E-state index contributed by atoms with van der Waals surface area (Å²) in [6, 6.07) is 13.4. The zero-order valence-corrected chi connectivity index (χ0v) is 18.0. The highest BCUT2D eigenvalue weighted by atomic mass is 32.2. The molecule has 156 valence electrons. The van der Waals surface area contributed by atoms with Crippen molar-refractivity contribution < 1.29 is 21.6 Å². The molecule has 30 heavy (non-hydrogen) atoms. The number of hydrogen-bond donors (Lipinski definition) is 0. The second-order valence-electron chi connectivity index (χ2n) is 7.62. The highest BCUT2D eigenvalue weighted by Gasteiger charge is 2.58. The zero-order valence-electron chi connectivity index (χ0n) is 16.4. The monoisotopic (exact) mass is 443 g/mol. The van der Waals surface area contributed by atoms with Crippen LogP contribution in [0.4, 0.5) is 0 Å². The number of fused-ring (bicyclic) bond motifs is 1. The Morgan fingerprint density at radius 3 is 2.17 bits per heavy atom. The minimum atomic E-state index is -4.14. The van der Waals surface area contributed by atoms with Crippen LogP contribution in [-0.2, 0) is 24.7 Å². The van der Waals surface area contributed by atoms with E-state index < -0.39 is 43.0 Å². The van der Waals surface area contributed by atoms with Crippen LogP contribution >= 0.6 is 0 Å². The van der Waals surface area contributed by atoms with Crippen molar-refractivity contribution in [2.45, 2.75) is 40.8 Å². The molecule has 1 amide bonds. The van der Waals surface area contributed by atoms with Crippen LogP contribution in [0, 0.1) is 12.8 Å². The Morgan fingerprint density at radius 2 is 1.57 bits per heavy atom. The molecule has 2 aromatic rings. The van der Waals surface area contributed by atoms with E-state index in [0.29, 0.717) is 5.57 Å². The minimum absolute atomic E-state index is 0.000112. The van der Waals surface area contributed by atoms with E-state index in [-0.39, 0.29) is 22.6 Å². The quantitative estimate of drug-likeness (QED) is 0.678. The van der Waals surface area contributed by atoms with E-state index in [1.807, 2.05) is 6.92 Å². The lowest BCUT2D eigenvalue weighted by atomic mass is 10.0. The molecule has 1 saturated heterocycles. The number of benzene rings is 2. The summed E-state index contributed by atoms with van der Waals surface area (Å²) in [5.74, 6) is -1.28. The lowest BCUT2D eigenvalue weighted by Crippen LogP contribution is -2.40. The van der Waals surface area contributed by atoms with Gasteiger partial charge in [0.1, 0.15) is 0 Å². The number of nitrogens with zero attached hydrogens (tertiary/aromatic N) is 1. The van der Waals surface area contributed by atoms with Gasteiger partial charge in [0.25, 0.3) is 10.0 Å². The predicted octanol–water partition coefficient (Wildman–Crippen LogP) is 2.86. The minimum Gasteiger partial charge on any atom is -0.274 e. The maximum absolute atomic E-state index is 13.3. The molecule has 0 aromatic heterocycles. The normalized spacial score (nSPS) is 24.0. The summed E-state index contributed by atoms with van der Waals surface area (Å²) in [6.45, 7) is 5.46. The van der Waals surface area contributed by atoms with Crippen molar-refractivity contribution in [2.24, 2.45) is 5.92 Å². The predicted molar refractivity (Wildman–Crippen MR) is 112 cm³/mol. The molecule has 1 aliphatic carbocycles. The number of sulfone groups is 1. The first kappa shape index (κ1) is 20.6. The number of carbonyl (C=O) groups is 1. The fourth-order valence-electron chi connectivity index (χ4n) is 4.36. The maximum atomic E-state index is 13.3. The van der Waals surface area contributed by atoms with Crippen LogP contribution in [0.1, 0.15) is 18.4 Å². The van der Waals surface area contributed by atoms with Gasteiger partial charge in [0, 0.05) is 12.3 Å². The SMILES string of the molecule is C=C=C1CC(S(=O)(=O)c2ccccc2)[C@H]2CC(=O)N(S(=O)(=O)c3ccc(C)cc3)[C@@H]12. The van der Waals surface area contributed by atoms with Gasteiger partial charge in [0.15, 0.2) is 9.84 Å². The van der Waals surface area contributed by atoms with Crippen molar-refractivity contribution in [2.75, 3.05) is 0 Å². The second kappa shape index (κ2) is 7.23. The smallest absolute Gasteiger partial charge is 0.267 e. The summed E-state index contributed by atoms with van der Waals surface area (Å²) < 4.78 is 53.9. The van der Waals surface area contributed by atoms with Gasteiger partial charge in [-0.2, -0.15) is 0 Å². The largest absolute Gasteiger partial charge is 0.274 e. The van der Waals surface area contributed by atoms with Gasteiger partial charge in [0.2, 0.25) is 5.91 Å². The molecule has 0 bridgehead atoms. The average Bonchev–Trinajstić information content (AvgIpc) is 3.24. The van der Waals surface area contributed by atoms with Gasteiger partial charge in [-0.15, -0.1) is 5.73 Å². The number of hydrogen-bond acceptors (Lipinski definition) is 5. The molecule has 2 aliphatic rings. The Morgan fingerprint density at radius 1 is 0.933 bits per heavy atom. The van der Waals surface area contributed by atoms with E-state index in [9.17, 15) is 21.6 Å². The van der Waals surface area contributed by atoms with Crippen LogP contribution in [0.5, 0.6) is 0 Å². The van der Waals surface area contributed by atoms with Gasteiger partial charge < -0.3 is 0 Å². The summed E-state index contributed by atoms with van der Waals surface area (Å²) >= 11 is 0. The van der Waals surface area contributed by atoms with Gasteiger partial charge >= 0.3 is 0 Å². The molecule has 1 unspecified atom stereocenters. The van der Waals surface area contributed by atoms with E-state index in [1.54, 1.807) is 30.3 Å². The van der Waals surface area contributed by atoms with E-state index in [2.05, 4.69) is 12.3 Å². The van der Waals surface area contributed by atoms with Gasteiger partial charge in [0.05, 0.1) is 21.1 Å². The van der Waals surface area contributed by atoms with Gasteiger partial charge in [-0.25, -0.2) is 21.1 Å². The number of carbonyl (C=O) groups excluding carboxylic acids is 1. The summed E-state index contributed by atoms with van der Waals surface area (Å²) in [4.78, 5) is 13.0. The fourth-order valence-corrected chi connectivity index (χ4v) is 7.99. The third-order valence-corrected chi connectivity index (χ3v) is 9.90. The van der Waals surface area contributed by atoms with Crippen molar-refractivity contribution in [3.8, 4) is 0 Å². The molecule has 1 heterocycles. The maximum Gasteiger partial charge on any atom is 0.267 e. The van der Waals surface area contributed by atoms with E-state index in [0.717, 1.165) is 9.87 Å². The fraction of sp³-hybridized carbons (Fsp3) is 0.273. The Kier molecular flexibility index (Phi) is 4.97. The highest BCUT2D eigenvalue weighted by Crippen LogP contribution is 2.48. The second-order valence-corrected chi connectivity index (χ2v) is 11.6. The van der Waals surface area contributed by atoms with Crippen LogP contribution in [0.15, 0.2) is 82.3 Å². The molecule has 0 N–H and O–H groups in total. The van der Waals surface area contributed by atoms with Crippen molar-refractivity contribution in [3.05, 3.63) is 78.0 Å². The molecular weight excluding hydrogens is 422 g/mol. The summed E-state index contributed by atoms with van der Waals surface area (Å²) in [5.41, 5.74) is 4.04. The van der Waals surface area contributed by atoms with Gasteiger partial charge in [-0.3, -0.25) is 4.79 Å². The number of amides is 1. The Bertz CT molecular complexity index is 1260. The van der Waals surface area contributed by atoms with Crippen LogP contribution in [0.3, 0.4) is 0 Å². The molecule has 2 aromatic carbocycles.